The van der Waals surface area contributed by atoms with E-state index in [1.807, 2.05) is 0 Å². The number of anilines is 6. The summed E-state index contributed by atoms with van der Waals surface area (Å²) < 4.78 is 6.58. The van der Waals surface area contributed by atoms with Crippen LogP contribution in [0.25, 0.3) is 33.1 Å². The van der Waals surface area contributed by atoms with Gasteiger partial charge in [-0.15, -0.1) is 0 Å². The minimum Gasteiger partial charge on any atom is -0.456 e. The summed E-state index contributed by atoms with van der Waals surface area (Å²) in [5.74, 6) is 1.03. The normalized spacial score (nSPS) is 18.8. The summed E-state index contributed by atoms with van der Waals surface area (Å²) >= 11 is 0. The summed E-state index contributed by atoms with van der Waals surface area (Å²) in [6, 6.07) is 71.2. The highest BCUT2D eigenvalue weighted by molar-refractivity contribution is 6.06. The first-order chi connectivity index (χ1) is 28.8. The van der Waals surface area contributed by atoms with Crippen LogP contribution in [0.15, 0.2) is 199 Å². The summed E-state index contributed by atoms with van der Waals surface area (Å²) in [5, 5.41) is 2.29. The molecule has 0 radical (unpaired) electrons. The van der Waals surface area contributed by atoms with E-state index in [4.69, 9.17) is 4.42 Å². The quantitative estimate of drug-likeness (QED) is 0.162. The molecule has 1 fully saturated rings. The SMILES string of the molecule is c1ccc(-c2cccc(N(c3ccc4c(c3)oc3ccccc34)c3cccc4c3C35c6c(cccc6N(c6ccccc6)c6ccccc6)CC3CCC5C4)c2)cc1. The molecule has 9 aromatic rings. The second kappa shape index (κ2) is 13.1. The first-order valence-electron chi connectivity index (χ1n) is 20.8. The van der Waals surface area contributed by atoms with Crippen molar-refractivity contribution in [2.45, 2.75) is 31.1 Å². The molecule has 0 saturated heterocycles. The predicted octanol–water partition coefficient (Wildman–Crippen LogP) is 14.6. The van der Waals surface area contributed by atoms with Gasteiger partial charge in [0.1, 0.15) is 11.2 Å². The van der Waals surface area contributed by atoms with Crippen LogP contribution in [0, 0.1) is 11.8 Å². The third-order valence-electron chi connectivity index (χ3n) is 13.5. The molecule has 3 heteroatoms. The van der Waals surface area contributed by atoms with Gasteiger partial charge in [-0.3, -0.25) is 0 Å². The van der Waals surface area contributed by atoms with Crippen molar-refractivity contribution in [3.8, 4) is 11.1 Å². The van der Waals surface area contributed by atoms with E-state index < -0.39 is 0 Å². The Balaban J connectivity index is 1.12. The van der Waals surface area contributed by atoms with E-state index in [1.165, 1.54) is 69.0 Å². The molecule has 1 saturated carbocycles. The van der Waals surface area contributed by atoms with E-state index in [2.05, 4.69) is 204 Å². The van der Waals surface area contributed by atoms with Crippen molar-refractivity contribution in [1.29, 1.82) is 0 Å². The van der Waals surface area contributed by atoms with Gasteiger partial charge in [0.05, 0.1) is 11.4 Å². The number of fused-ring (bicyclic) bond motifs is 5. The number of para-hydroxylation sites is 3. The van der Waals surface area contributed by atoms with Crippen molar-refractivity contribution < 1.29 is 4.42 Å². The maximum atomic E-state index is 6.58. The largest absolute Gasteiger partial charge is 0.456 e. The molecule has 3 aliphatic carbocycles. The van der Waals surface area contributed by atoms with Crippen molar-refractivity contribution in [3.63, 3.8) is 0 Å². The van der Waals surface area contributed by atoms with Gasteiger partial charge < -0.3 is 14.2 Å². The molecule has 0 N–H and O–H groups in total. The molecule has 3 atom stereocenters. The topological polar surface area (TPSA) is 19.6 Å². The summed E-state index contributed by atoms with van der Waals surface area (Å²) in [5.41, 5.74) is 17.3. The van der Waals surface area contributed by atoms with Gasteiger partial charge in [0, 0.05) is 45.0 Å². The van der Waals surface area contributed by atoms with E-state index in [0.717, 1.165) is 46.2 Å². The maximum Gasteiger partial charge on any atom is 0.137 e. The zero-order chi connectivity index (χ0) is 38.2. The van der Waals surface area contributed by atoms with Crippen LogP contribution in [0.3, 0.4) is 0 Å². The number of nitrogens with zero attached hydrogens (tertiary/aromatic N) is 2. The van der Waals surface area contributed by atoms with Gasteiger partial charge in [-0.25, -0.2) is 0 Å². The number of furan rings is 1. The summed E-state index contributed by atoms with van der Waals surface area (Å²) in [4.78, 5) is 5.06. The third kappa shape index (κ3) is 4.92. The molecule has 278 valence electrons. The van der Waals surface area contributed by atoms with Gasteiger partial charge in [0.15, 0.2) is 0 Å². The Hall–Kier alpha value is -6.84. The molecule has 3 nitrogen and oxygen atoms in total. The van der Waals surface area contributed by atoms with E-state index in [-0.39, 0.29) is 5.41 Å². The Morgan fingerprint density at radius 3 is 1.55 bits per heavy atom. The standard InChI is InChI=1S/C55H42N2O/c1-4-15-37(16-5-1)38-17-12-24-45(35-38)57(46-31-32-48-47-25-10-11-28-51(47)58-52(48)36-46)50-27-14-19-40-34-42-30-29-41-33-39-18-13-26-49(53(39)55(41,42)54(40)50)56(43-20-6-2-7-21-43)44-22-8-3-9-23-44/h1-28,31-32,35-36,41-42H,29-30,33-34H2. The molecule has 1 aromatic heterocycles. The van der Waals surface area contributed by atoms with Gasteiger partial charge in [-0.05, 0) is 138 Å². The molecule has 8 aromatic carbocycles. The lowest BCUT2D eigenvalue weighted by Gasteiger charge is -2.40. The van der Waals surface area contributed by atoms with Crippen molar-refractivity contribution in [3.05, 3.63) is 216 Å². The van der Waals surface area contributed by atoms with Gasteiger partial charge in [-0.2, -0.15) is 0 Å². The highest BCUT2D eigenvalue weighted by Crippen LogP contribution is 2.68. The van der Waals surface area contributed by atoms with E-state index in [9.17, 15) is 0 Å². The monoisotopic (exact) mass is 746 g/mol. The van der Waals surface area contributed by atoms with Crippen molar-refractivity contribution in [2.75, 3.05) is 9.80 Å². The van der Waals surface area contributed by atoms with Crippen LogP contribution in [0.4, 0.5) is 34.1 Å². The summed E-state index contributed by atoms with van der Waals surface area (Å²) in [6.07, 6.45) is 4.65. The predicted molar refractivity (Wildman–Crippen MR) is 239 cm³/mol. The molecule has 3 aliphatic rings. The van der Waals surface area contributed by atoms with Gasteiger partial charge in [0.2, 0.25) is 0 Å². The Kier molecular flexibility index (Phi) is 7.53. The lowest BCUT2D eigenvalue weighted by atomic mass is 9.68. The van der Waals surface area contributed by atoms with Crippen molar-refractivity contribution >= 4 is 56.1 Å². The van der Waals surface area contributed by atoms with Crippen molar-refractivity contribution in [2.24, 2.45) is 11.8 Å². The summed E-state index contributed by atoms with van der Waals surface area (Å²) in [7, 11) is 0. The fourth-order valence-electron chi connectivity index (χ4n) is 11.3. The summed E-state index contributed by atoms with van der Waals surface area (Å²) in [6.45, 7) is 0. The highest BCUT2D eigenvalue weighted by Gasteiger charge is 2.62. The molecular formula is C55H42N2O. The Labute approximate surface area is 339 Å². The van der Waals surface area contributed by atoms with Crippen LogP contribution in [0.1, 0.15) is 35.1 Å². The fraction of sp³-hybridized carbons (Fsp3) is 0.127. The smallest absolute Gasteiger partial charge is 0.137 e. The second-order valence-electron chi connectivity index (χ2n) is 16.4. The minimum atomic E-state index is -0.140. The molecule has 12 rings (SSSR count). The minimum absolute atomic E-state index is 0.140. The Morgan fingerprint density at radius 1 is 0.397 bits per heavy atom. The number of hydrogen-bond acceptors (Lipinski definition) is 3. The fourth-order valence-corrected chi connectivity index (χ4v) is 11.3. The van der Waals surface area contributed by atoms with E-state index in [1.54, 1.807) is 0 Å². The molecule has 0 amide bonds. The average molecular weight is 747 g/mol. The second-order valence-corrected chi connectivity index (χ2v) is 16.4. The number of benzene rings is 8. The molecule has 1 heterocycles. The molecule has 1 spiro atoms. The lowest BCUT2D eigenvalue weighted by molar-refractivity contribution is 0.350. The Morgan fingerprint density at radius 2 is 0.897 bits per heavy atom. The molecular weight excluding hydrogens is 705 g/mol. The number of hydrogen-bond donors (Lipinski definition) is 0. The first-order valence-corrected chi connectivity index (χ1v) is 20.8. The van der Waals surface area contributed by atoms with Crippen LogP contribution >= 0.6 is 0 Å². The van der Waals surface area contributed by atoms with Crippen LogP contribution in [-0.2, 0) is 18.3 Å². The average Bonchev–Trinajstić information content (AvgIpc) is 4.02. The van der Waals surface area contributed by atoms with Crippen LogP contribution in [0.5, 0.6) is 0 Å². The molecule has 3 unspecified atom stereocenters. The molecule has 58 heavy (non-hydrogen) atoms. The highest BCUT2D eigenvalue weighted by atomic mass is 16.3. The third-order valence-corrected chi connectivity index (χ3v) is 13.5. The molecule has 0 bridgehead atoms. The number of rotatable bonds is 7. The van der Waals surface area contributed by atoms with Crippen LogP contribution in [-0.4, -0.2) is 0 Å². The zero-order valence-corrected chi connectivity index (χ0v) is 32.3. The Bertz CT molecular complexity index is 2940. The van der Waals surface area contributed by atoms with Crippen LogP contribution < -0.4 is 9.80 Å². The van der Waals surface area contributed by atoms with Gasteiger partial charge in [0.25, 0.3) is 0 Å². The lowest BCUT2D eigenvalue weighted by Crippen LogP contribution is -2.34. The van der Waals surface area contributed by atoms with Gasteiger partial charge >= 0.3 is 0 Å². The van der Waals surface area contributed by atoms with Crippen molar-refractivity contribution in [1.82, 2.24) is 0 Å². The zero-order valence-electron chi connectivity index (χ0n) is 32.3. The van der Waals surface area contributed by atoms with Crippen LogP contribution in [0.2, 0.25) is 0 Å². The van der Waals surface area contributed by atoms with Gasteiger partial charge in [-0.1, -0.05) is 121 Å². The van der Waals surface area contributed by atoms with E-state index in [0.29, 0.717) is 11.8 Å². The van der Waals surface area contributed by atoms with E-state index >= 15 is 0 Å². The first kappa shape index (κ1) is 33.3. The maximum absolute atomic E-state index is 6.58. The molecule has 0 aliphatic heterocycles.